The van der Waals surface area contributed by atoms with E-state index in [1.165, 1.54) is 16.9 Å². The van der Waals surface area contributed by atoms with Crippen LogP contribution in [0.2, 0.25) is 5.15 Å². The van der Waals surface area contributed by atoms with E-state index in [9.17, 15) is 4.91 Å². The normalized spacial score (nSPS) is 28.9. The van der Waals surface area contributed by atoms with Crippen LogP contribution in [0.25, 0.3) is 0 Å². The quantitative estimate of drug-likeness (QED) is 0.353. The Balaban J connectivity index is 1.34. The van der Waals surface area contributed by atoms with E-state index in [1.54, 1.807) is 0 Å². The Morgan fingerprint density at radius 1 is 1.39 bits per heavy atom. The van der Waals surface area contributed by atoms with Gasteiger partial charge in [0.25, 0.3) is 0 Å². The smallest absolute Gasteiger partial charge is 0.140 e. The Labute approximate surface area is 192 Å². The molecule has 6 atom stereocenters. The minimum Gasteiger partial charge on any atom is -0.367 e. The number of allylic oxidation sites excluding steroid dienone is 1. The van der Waals surface area contributed by atoms with Gasteiger partial charge in [-0.25, -0.2) is 4.98 Å². The second-order valence-corrected chi connectivity index (χ2v) is 9.89. The van der Waals surface area contributed by atoms with E-state index in [0.717, 1.165) is 30.7 Å². The minimum absolute atomic E-state index is 0.0277. The van der Waals surface area contributed by atoms with E-state index in [-0.39, 0.29) is 24.2 Å². The van der Waals surface area contributed by atoms with E-state index < -0.39 is 0 Å². The fourth-order valence-electron chi connectivity index (χ4n) is 4.80. The Bertz CT molecular complexity index is 968. The van der Waals surface area contributed by atoms with Gasteiger partial charge < -0.3 is 4.74 Å². The van der Waals surface area contributed by atoms with Gasteiger partial charge in [0.1, 0.15) is 22.3 Å². The number of nitriles is 1. The van der Waals surface area contributed by atoms with Crippen LogP contribution in [0.4, 0.5) is 0 Å². The molecule has 0 N–H and O–H groups in total. The van der Waals surface area contributed by atoms with Crippen LogP contribution in [0.3, 0.4) is 0 Å². The van der Waals surface area contributed by atoms with E-state index in [1.807, 2.05) is 29.6 Å². The van der Waals surface area contributed by atoms with Crippen molar-refractivity contribution in [3.8, 4) is 6.07 Å². The monoisotopic (exact) mass is 455 g/mol. The Kier molecular flexibility index (Phi) is 7.16. The molecule has 1 aliphatic carbocycles. The second kappa shape index (κ2) is 10.0. The van der Waals surface area contributed by atoms with Gasteiger partial charge in [0.15, 0.2) is 0 Å². The molecule has 0 bridgehead atoms. The molecule has 1 aromatic heterocycles. The molecule has 0 spiro atoms. The third-order valence-electron chi connectivity index (χ3n) is 6.53. The predicted molar refractivity (Wildman–Crippen MR) is 123 cm³/mol. The molecule has 2 aliphatic rings. The molecule has 1 aromatic carbocycles. The first kappa shape index (κ1) is 22.1. The lowest BCUT2D eigenvalue weighted by molar-refractivity contribution is -0.0763. The molecule has 1 saturated carbocycles. The van der Waals surface area contributed by atoms with Crippen LogP contribution < -0.4 is 0 Å². The summed E-state index contributed by atoms with van der Waals surface area (Å²) in [4.78, 5) is 15.9. The number of halogens is 1. The number of hydrogen-bond acceptors (Lipinski definition) is 6. The molecule has 0 radical (unpaired) electrons. The van der Waals surface area contributed by atoms with Gasteiger partial charge in [0.05, 0.1) is 17.7 Å². The zero-order valence-electron chi connectivity index (χ0n) is 17.5. The van der Waals surface area contributed by atoms with Gasteiger partial charge in [0, 0.05) is 17.7 Å². The van der Waals surface area contributed by atoms with Crippen molar-refractivity contribution >= 4 is 22.9 Å². The average molecular weight is 456 g/mol. The molecule has 1 aliphatic heterocycles. The highest BCUT2D eigenvalue weighted by Gasteiger charge is 2.47. The number of thiazole rings is 1. The average Bonchev–Trinajstić information content (AvgIpc) is 3.39. The minimum atomic E-state index is -0.226. The zero-order chi connectivity index (χ0) is 21.8. The van der Waals surface area contributed by atoms with Crippen molar-refractivity contribution in [3.63, 3.8) is 0 Å². The SMILES string of the molecule is CC(/C=C/C1[C@H]2CCC(c3nc(Cl)cs3)O[C@H]2C[C@H]1N=O)CCc1ccc(C#N)cc1. The van der Waals surface area contributed by atoms with Crippen LogP contribution in [0, 0.1) is 34.0 Å². The number of benzene rings is 1. The third-order valence-corrected chi connectivity index (χ3v) is 7.79. The number of nitroso groups, excluding NO2 is 1. The largest absolute Gasteiger partial charge is 0.367 e. The van der Waals surface area contributed by atoms with E-state index in [0.29, 0.717) is 29.0 Å². The molecule has 2 aromatic rings. The summed E-state index contributed by atoms with van der Waals surface area (Å²) in [7, 11) is 0. The van der Waals surface area contributed by atoms with Crippen molar-refractivity contribution in [3.05, 3.63) is 68.0 Å². The van der Waals surface area contributed by atoms with Crippen LogP contribution in [0.5, 0.6) is 0 Å². The topological polar surface area (TPSA) is 75.3 Å². The molecule has 3 unspecified atom stereocenters. The molecule has 7 heteroatoms. The molecule has 5 nitrogen and oxygen atoms in total. The number of rotatable bonds is 7. The number of aryl methyl sites for hydroxylation is 1. The van der Waals surface area contributed by atoms with E-state index >= 15 is 0 Å². The molecular formula is C24H26ClN3O2S. The van der Waals surface area contributed by atoms with Crippen molar-refractivity contribution in [1.29, 1.82) is 5.26 Å². The van der Waals surface area contributed by atoms with Gasteiger partial charge >= 0.3 is 0 Å². The maximum Gasteiger partial charge on any atom is 0.140 e. The highest BCUT2D eigenvalue weighted by molar-refractivity contribution is 7.10. The molecule has 0 amide bonds. The summed E-state index contributed by atoms with van der Waals surface area (Å²) in [6.45, 7) is 2.20. The lowest BCUT2D eigenvalue weighted by Gasteiger charge is -2.33. The summed E-state index contributed by atoms with van der Waals surface area (Å²) in [5.74, 6) is 0.869. The summed E-state index contributed by atoms with van der Waals surface area (Å²) in [6, 6.07) is 9.70. The van der Waals surface area contributed by atoms with Gasteiger partial charge in [-0.05, 0) is 55.2 Å². The molecular weight excluding hydrogens is 430 g/mol. The third kappa shape index (κ3) is 5.23. The number of nitrogens with zero attached hydrogens (tertiary/aromatic N) is 3. The summed E-state index contributed by atoms with van der Waals surface area (Å²) in [5.41, 5.74) is 1.93. The lowest BCUT2D eigenvalue weighted by Crippen LogP contribution is -2.29. The molecule has 162 valence electrons. The van der Waals surface area contributed by atoms with Crippen LogP contribution in [-0.2, 0) is 11.2 Å². The Morgan fingerprint density at radius 2 is 2.19 bits per heavy atom. The van der Waals surface area contributed by atoms with E-state index in [2.05, 4.69) is 35.3 Å². The van der Waals surface area contributed by atoms with Gasteiger partial charge in [-0.3, -0.25) is 0 Å². The molecule has 1 saturated heterocycles. The standard InChI is InChI=1S/C24H26ClN3O2S/c1-15(2-4-16-5-7-17(13-26)8-6-16)3-9-18-19-10-11-21(24-27-23(25)14-31-24)30-22(19)12-20(18)28-29/h3,5-9,14-15,18-22H,2,4,10-12H2,1H3/b9-3+/t15?,18?,19-,20-,21?,22+/m1/s1. The van der Waals surface area contributed by atoms with Crippen molar-refractivity contribution in [2.45, 2.75) is 57.3 Å². The zero-order valence-corrected chi connectivity index (χ0v) is 19.1. The second-order valence-electron chi connectivity index (χ2n) is 8.61. The number of hydrogen-bond donors (Lipinski definition) is 0. The van der Waals surface area contributed by atoms with Crippen molar-refractivity contribution in [1.82, 2.24) is 4.98 Å². The predicted octanol–water partition coefficient (Wildman–Crippen LogP) is 6.48. The maximum atomic E-state index is 11.5. The highest BCUT2D eigenvalue weighted by atomic mass is 35.5. The Hall–Kier alpha value is -2.07. The number of ether oxygens (including phenoxy) is 1. The molecule has 31 heavy (non-hydrogen) atoms. The summed E-state index contributed by atoms with van der Waals surface area (Å²) in [6.07, 6.45) is 9.04. The molecule has 2 fully saturated rings. The van der Waals surface area contributed by atoms with Crippen molar-refractivity contribution in [2.24, 2.45) is 22.9 Å². The fourth-order valence-corrected chi connectivity index (χ4v) is 5.82. The molecule has 4 rings (SSSR count). The first-order valence-electron chi connectivity index (χ1n) is 10.8. The van der Waals surface area contributed by atoms with E-state index in [4.69, 9.17) is 21.6 Å². The van der Waals surface area contributed by atoms with Crippen LogP contribution in [-0.4, -0.2) is 17.1 Å². The van der Waals surface area contributed by atoms with Gasteiger partial charge in [-0.2, -0.15) is 10.2 Å². The van der Waals surface area contributed by atoms with Gasteiger partial charge in [-0.1, -0.05) is 48.0 Å². The Morgan fingerprint density at radius 3 is 2.87 bits per heavy atom. The van der Waals surface area contributed by atoms with Crippen LogP contribution >= 0.6 is 22.9 Å². The first-order chi connectivity index (χ1) is 15.1. The van der Waals surface area contributed by atoms with Crippen molar-refractivity contribution in [2.75, 3.05) is 0 Å². The van der Waals surface area contributed by atoms with Gasteiger partial charge in [-0.15, -0.1) is 11.3 Å². The lowest BCUT2D eigenvalue weighted by atomic mass is 9.85. The molecule has 2 heterocycles. The summed E-state index contributed by atoms with van der Waals surface area (Å²) >= 11 is 7.51. The first-order valence-corrected chi connectivity index (χ1v) is 12.1. The van der Waals surface area contributed by atoms with Crippen LogP contribution in [0.15, 0.2) is 47.0 Å². The van der Waals surface area contributed by atoms with Crippen LogP contribution in [0.1, 0.15) is 54.8 Å². The number of fused-ring (bicyclic) bond motifs is 1. The summed E-state index contributed by atoms with van der Waals surface area (Å²) < 4.78 is 6.34. The highest BCUT2D eigenvalue weighted by Crippen LogP contribution is 2.47. The fraction of sp³-hybridized carbons (Fsp3) is 0.500. The van der Waals surface area contributed by atoms with Crippen molar-refractivity contribution < 1.29 is 4.74 Å². The number of aromatic nitrogens is 1. The summed E-state index contributed by atoms with van der Waals surface area (Å²) in [5, 5.41) is 15.6. The maximum absolute atomic E-state index is 11.5. The van der Waals surface area contributed by atoms with Gasteiger partial charge in [0.2, 0.25) is 0 Å².